The van der Waals surface area contributed by atoms with Crippen LogP contribution in [0.3, 0.4) is 0 Å². The Kier molecular flexibility index (Phi) is 2.39. The van der Waals surface area contributed by atoms with Gasteiger partial charge in [0.2, 0.25) is 0 Å². The van der Waals surface area contributed by atoms with Gasteiger partial charge in [0.25, 0.3) is 0 Å². The number of furan rings is 1. The first-order valence-corrected chi connectivity index (χ1v) is 13.0. The Labute approximate surface area is 280 Å². The molecule has 8 aromatic carbocycles. The predicted molar refractivity (Wildman–Crippen MR) is 183 cm³/mol. The van der Waals surface area contributed by atoms with Crippen molar-refractivity contribution in [3.05, 3.63) is 157 Å². The van der Waals surface area contributed by atoms with Gasteiger partial charge in [-0.3, -0.25) is 0 Å². The van der Waals surface area contributed by atoms with Crippen molar-refractivity contribution >= 4 is 54.3 Å². The van der Waals surface area contributed by atoms with Crippen LogP contribution in [0.15, 0.2) is 162 Å². The Balaban J connectivity index is 1.46. The normalized spacial score (nSPS) is 18.9. The Hall–Kier alpha value is -5.66. The third-order valence-electron chi connectivity index (χ3n) is 7.26. The van der Waals surface area contributed by atoms with Gasteiger partial charge < -0.3 is 4.42 Å². The maximum absolute atomic E-state index is 9.46. The fourth-order valence-corrected chi connectivity index (χ4v) is 5.41. The fraction of sp³-hybridized carbons (Fsp3) is 0. The second kappa shape index (κ2) is 9.44. The number of rotatable bonds is 3. The van der Waals surface area contributed by atoms with Crippen molar-refractivity contribution in [2.45, 2.75) is 0 Å². The first-order valence-electron chi connectivity index (χ1n) is 24.0. The minimum absolute atomic E-state index is 0.0482. The zero-order valence-electron chi connectivity index (χ0n) is 43.7. The second-order valence-corrected chi connectivity index (χ2v) is 9.57. The van der Waals surface area contributed by atoms with Crippen LogP contribution in [0.5, 0.6) is 0 Å². The summed E-state index contributed by atoms with van der Waals surface area (Å²) in [4.78, 5) is 0. The molecule has 200 valence electrons. The number of fused-ring (bicyclic) bond motifs is 6. The van der Waals surface area contributed by atoms with E-state index in [1.54, 1.807) is 0 Å². The molecule has 0 amide bonds. The van der Waals surface area contributed by atoms with Crippen LogP contribution in [0.4, 0.5) is 0 Å². The van der Waals surface area contributed by atoms with Crippen molar-refractivity contribution in [1.82, 2.24) is 0 Å². The van der Waals surface area contributed by atoms with Gasteiger partial charge in [0.05, 0.1) is 30.2 Å². The fourth-order valence-electron chi connectivity index (χ4n) is 5.41. The summed E-state index contributed by atoms with van der Waals surface area (Å²) in [5, 5.41) is -1.68. The van der Waals surface area contributed by atoms with Gasteiger partial charge in [-0.05, 0) is 83.8 Å². The molecule has 0 aliphatic carbocycles. The molecule has 1 nitrogen and oxygen atoms in total. The zero-order valence-corrected chi connectivity index (χ0v) is 21.7. The summed E-state index contributed by atoms with van der Waals surface area (Å²) in [5.41, 5.74) is -3.03. The molecular formula is C42H26O. The third kappa shape index (κ3) is 3.72. The molecule has 1 heteroatoms. The topological polar surface area (TPSA) is 13.1 Å². The van der Waals surface area contributed by atoms with E-state index in [2.05, 4.69) is 0 Å². The summed E-state index contributed by atoms with van der Waals surface area (Å²) in [6.45, 7) is 0. The van der Waals surface area contributed by atoms with Crippen LogP contribution in [0.25, 0.3) is 87.6 Å². The van der Waals surface area contributed by atoms with Crippen molar-refractivity contribution in [1.29, 1.82) is 0 Å². The molecular weight excluding hydrogens is 520 g/mol. The molecule has 43 heavy (non-hydrogen) atoms. The zero-order chi connectivity index (χ0) is 47.5. The van der Waals surface area contributed by atoms with Gasteiger partial charge in [-0.25, -0.2) is 0 Å². The van der Waals surface area contributed by atoms with Gasteiger partial charge in [-0.15, -0.1) is 0 Å². The number of para-hydroxylation sites is 1. The summed E-state index contributed by atoms with van der Waals surface area (Å²) in [6.07, 6.45) is 0. The molecule has 0 atom stereocenters. The maximum Gasteiger partial charge on any atom is 0.136 e. The Morgan fingerprint density at radius 1 is 0.372 bits per heavy atom. The SMILES string of the molecule is [2H]c1cc2c(-c3c([2H])c([2H])c(-c4c([2H])c([2H])c([2H])c5c([2H])c([2H])c([2H])c([2H])c45)c([2H])c3[2H])c3cc([2H])c([2H])cc3c(-c3c([2H])c([2H])c4c(oc5c([2H])c([2H])c([2H])c([2H])c54)c3[2H])c2cc1[2H]. The Morgan fingerprint density at radius 3 is 1.63 bits per heavy atom. The molecule has 9 aromatic rings. The van der Waals surface area contributed by atoms with E-state index in [1.165, 1.54) is 12.1 Å². The molecule has 0 aliphatic heterocycles. The lowest BCUT2D eigenvalue weighted by Crippen LogP contribution is -1.91. The summed E-state index contributed by atoms with van der Waals surface area (Å²) in [6, 6.07) is -9.84. The smallest absolute Gasteiger partial charge is 0.136 e. The van der Waals surface area contributed by atoms with E-state index in [0.29, 0.717) is 0 Å². The molecule has 0 fully saturated rings. The summed E-state index contributed by atoms with van der Waals surface area (Å²) < 4.78 is 199. The second-order valence-electron chi connectivity index (χ2n) is 9.57. The molecule has 0 saturated carbocycles. The third-order valence-corrected chi connectivity index (χ3v) is 7.26. The van der Waals surface area contributed by atoms with Gasteiger partial charge >= 0.3 is 0 Å². The van der Waals surface area contributed by atoms with Crippen LogP contribution in [0.2, 0.25) is 0 Å². The molecule has 0 N–H and O–H groups in total. The number of hydrogen-bond acceptors (Lipinski definition) is 1. The van der Waals surface area contributed by atoms with Crippen molar-refractivity contribution < 1.29 is 34.6 Å². The van der Waals surface area contributed by atoms with E-state index in [1.807, 2.05) is 0 Å². The quantitative estimate of drug-likeness (QED) is 0.193. The van der Waals surface area contributed by atoms with Crippen LogP contribution in [0.1, 0.15) is 30.2 Å². The minimum Gasteiger partial charge on any atom is -0.456 e. The van der Waals surface area contributed by atoms with E-state index in [0.717, 1.165) is 12.1 Å². The van der Waals surface area contributed by atoms with E-state index in [4.69, 9.17) is 26.3 Å². The predicted octanol–water partition coefficient (Wildman–Crippen LogP) is 12.0. The molecule has 0 unspecified atom stereocenters. The standard InChI is InChI=1S/C42H26O/c1-2-12-31-27(10-1)11-9-18-32(31)28-20-22-29(23-21-28)41-35-14-3-5-16-37(35)42(38-17-6-4-15-36(38)41)30-24-25-34-33-13-7-8-19-39(33)43-40(34)26-30/h1-26H/i1D,2D,3D,4D,5D,6D,7D,8D,9D,10D,11D,12D,13D,18D,19D,20D,21D,22D,23D,24D,25D,26D. The lowest BCUT2D eigenvalue weighted by Gasteiger charge is -2.18. The molecule has 0 aliphatic rings. The molecule has 9 rings (SSSR count). The van der Waals surface area contributed by atoms with Gasteiger partial charge in [-0.2, -0.15) is 0 Å². The first kappa shape index (κ1) is 10.9. The van der Waals surface area contributed by atoms with Crippen LogP contribution in [-0.4, -0.2) is 0 Å². The van der Waals surface area contributed by atoms with Crippen molar-refractivity contribution in [3.63, 3.8) is 0 Å². The van der Waals surface area contributed by atoms with Gasteiger partial charge in [0.1, 0.15) is 11.2 Å². The van der Waals surface area contributed by atoms with E-state index in [-0.39, 0.29) is 54.6 Å². The Bertz CT molecular complexity index is 3640. The Morgan fingerprint density at radius 2 is 0.907 bits per heavy atom. The maximum atomic E-state index is 9.46. The molecule has 0 saturated heterocycles. The minimum atomic E-state index is -0.845. The summed E-state index contributed by atoms with van der Waals surface area (Å²) in [5.74, 6) is 0. The highest BCUT2D eigenvalue weighted by Crippen LogP contribution is 2.45. The molecule has 0 radical (unpaired) electrons. The average Bonchev–Trinajstić information content (AvgIpc) is 3.68. The van der Waals surface area contributed by atoms with Crippen LogP contribution in [0, 0.1) is 0 Å². The highest BCUT2D eigenvalue weighted by Gasteiger charge is 2.18. The number of hydrogen-bond donors (Lipinski definition) is 0. The molecule has 0 bridgehead atoms. The van der Waals surface area contributed by atoms with Crippen molar-refractivity contribution in [3.8, 4) is 33.4 Å². The largest absolute Gasteiger partial charge is 0.456 e. The van der Waals surface area contributed by atoms with E-state index >= 15 is 0 Å². The first-order chi connectivity index (χ1) is 30.5. The van der Waals surface area contributed by atoms with Gasteiger partial charge in [0, 0.05) is 10.8 Å². The monoisotopic (exact) mass is 568 g/mol. The van der Waals surface area contributed by atoms with Crippen LogP contribution >= 0.6 is 0 Å². The van der Waals surface area contributed by atoms with Gasteiger partial charge in [-0.1, -0.05) is 139 Å². The van der Waals surface area contributed by atoms with E-state index < -0.39 is 166 Å². The average molecular weight is 569 g/mol. The van der Waals surface area contributed by atoms with Crippen molar-refractivity contribution in [2.75, 3.05) is 0 Å². The molecule has 0 spiro atoms. The van der Waals surface area contributed by atoms with E-state index in [9.17, 15) is 8.22 Å². The summed E-state index contributed by atoms with van der Waals surface area (Å²) >= 11 is 0. The lowest BCUT2D eigenvalue weighted by atomic mass is 9.85. The number of benzene rings is 8. The lowest BCUT2D eigenvalue weighted by molar-refractivity contribution is 0.669. The van der Waals surface area contributed by atoms with Crippen molar-refractivity contribution in [2.24, 2.45) is 0 Å². The molecule has 1 aromatic heterocycles. The highest BCUT2D eigenvalue weighted by atomic mass is 16.3. The summed E-state index contributed by atoms with van der Waals surface area (Å²) in [7, 11) is 0. The van der Waals surface area contributed by atoms with Crippen LogP contribution < -0.4 is 0 Å². The molecule has 1 heterocycles. The van der Waals surface area contributed by atoms with Gasteiger partial charge in [0.15, 0.2) is 0 Å². The highest BCUT2D eigenvalue weighted by molar-refractivity contribution is 6.22. The van der Waals surface area contributed by atoms with Crippen LogP contribution in [-0.2, 0) is 0 Å².